The van der Waals surface area contributed by atoms with E-state index in [2.05, 4.69) is 23.5 Å². The zero-order valence-electron chi connectivity index (χ0n) is 15.1. The van der Waals surface area contributed by atoms with Crippen LogP contribution in [-0.2, 0) is 4.79 Å². The van der Waals surface area contributed by atoms with Gasteiger partial charge in [0.15, 0.2) is 0 Å². The lowest BCUT2D eigenvalue weighted by atomic mass is 9.77. The molecule has 2 aromatic rings. The van der Waals surface area contributed by atoms with Gasteiger partial charge in [-0.25, -0.2) is 0 Å². The average Bonchev–Trinajstić information content (AvgIpc) is 2.69. The molecule has 1 amide bonds. The van der Waals surface area contributed by atoms with Crippen LogP contribution in [0.2, 0.25) is 0 Å². The fourth-order valence-electron chi connectivity index (χ4n) is 3.68. The summed E-state index contributed by atoms with van der Waals surface area (Å²) in [5.41, 5.74) is 2.71. The van der Waals surface area contributed by atoms with E-state index in [-0.39, 0.29) is 5.91 Å². The molecule has 1 saturated carbocycles. The van der Waals surface area contributed by atoms with Crippen molar-refractivity contribution < 1.29 is 9.53 Å². The summed E-state index contributed by atoms with van der Waals surface area (Å²) in [6.45, 7) is 0. The van der Waals surface area contributed by atoms with Gasteiger partial charge >= 0.3 is 0 Å². The van der Waals surface area contributed by atoms with Gasteiger partial charge in [0.2, 0.25) is 5.91 Å². The molecule has 0 heterocycles. The van der Waals surface area contributed by atoms with E-state index in [0.717, 1.165) is 37.1 Å². The number of amides is 1. The predicted octanol–water partition coefficient (Wildman–Crippen LogP) is 4.87. The fourth-order valence-corrected chi connectivity index (χ4v) is 3.68. The Morgan fingerprint density at radius 2 is 1.73 bits per heavy atom. The quantitative estimate of drug-likeness (QED) is 0.838. The molecule has 0 atom stereocenters. The average molecular weight is 348 g/mol. The number of carbonyl (C=O) groups excluding carboxylic acids is 1. The first-order chi connectivity index (χ1) is 12.7. The van der Waals surface area contributed by atoms with Crippen molar-refractivity contribution in [1.82, 2.24) is 0 Å². The molecule has 0 spiro atoms. The standard InChI is InChI=1S/C22H24N2O2/c1-26-21-12-8-19(9-13-21)18-6-2-16(3-7-18)14-22(25)24-20-10-4-17(15-23)5-11-20/h4-5,8-13,16,18H,2-3,6-7,14H2,1H3,(H,24,25). The lowest BCUT2D eigenvalue weighted by Gasteiger charge is -2.28. The first-order valence-electron chi connectivity index (χ1n) is 9.12. The monoisotopic (exact) mass is 348 g/mol. The van der Waals surface area contributed by atoms with E-state index in [1.807, 2.05) is 12.1 Å². The molecule has 0 aromatic heterocycles. The summed E-state index contributed by atoms with van der Waals surface area (Å²) in [6.07, 6.45) is 4.98. The van der Waals surface area contributed by atoms with Crippen LogP contribution in [0.5, 0.6) is 5.75 Å². The first-order valence-corrected chi connectivity index (χ1v) is 9.12. The molecule has 0 bridgehead atoms. The molecule has 1 fully saturated rings. The highest BCUT2D eigenvalue weighted by atomic mass is 16.5. The SMILES string of the molecule is COc1ccc(C2CCC(CC(=O)Nc3ccc(C#N)cc3)CC2)cc1. The van der Waals surface area contributed by atoms with Crippen LogP contribution in [-0.4, -0.2) is 13.0 Å². The maximum absolute atomic E-state index is 12.3. The molecule has 3 rings (SSSR count). The Bertz CT molecular complexity index is 767. The minimum atomic E-state index is 0.0580. The summed E-state index contributed by atoms with van der Waals surface area (Å²) in [4.78, 5) is 12.3. The molecule has 0 unspecified atom stereocenters. The normalized spacial score (nSPS) is 19.4. The number of nitrogens with zero attached hydrogens (tertiary/aromatic N) is 1. The molecular formula is C22H24N2O2. The number of methoxy groups -OCH3 is 1. The molecule has 0 radical (unpaired) electrons. The smallest absolute Gasteiger partial charge is 0.224 e. The highest BCUT2D eigenvalue weighted by molar-refractivity contribution is 5.90. The number of anilines is 1. The molecular weight excluding hydrogens is 324 g/mol. The summed E-state index contributed by atoms with van der Waals surface area (Å²) >= 11 is 0. The van der Waals surface area contributed by atoms with Crippen molar-refractivity contribution >= 4 is 11.6 Å². The Kier molecular flexibility index (Phi) is 5.91. The summed E-state index contributed by atoms with van der Waals surface area (Å²) in [6, 6.07) is 17.4. The minimum absolute atomic E-state index is 0.0580. The second kappa shape index (κ2) is 8.53. The third-order valence-corrected chi connectivity index (χ3v) is 5.21. The van der Waals surface area contributed by atoms with Crippen molar-refractivity contribution in [2.75, 3.05) is 12.4 Å². The van der Waals surface area contributed by atoms with Crippen molar-refractivity contribution in [3.63, 3.8) is 0 Å². The summed E-state index contributed by atoms with van der Waals surface area (Å²) in [5.74, 6) is 1.98. The molecule has 4 heteroatoms. The third-order valence-electron chi connectivity index (χ3n) is 5.21. The van der Waals surface area contributed by atoms with Gasteiger partial charge in [0, 0.05) is 12.1 Å². The highest BCUT2D eigenvalue weighted by Crippen LogP contribution is 2.37. The predicted molar refractivity (Wildman–Crippen MR) is 102 cm³/mol. The highest BCUT2D eigenvalue weighted by Gasteiger charge is 2.24. The van der Waals surface area contributed by atoms with Crippen molar-refractivity contribution in [2.45, 2.75) is 38.0 Å². The van der Waals surface area contributed by atoms with Crippen LogP contribution >= 0.6 is 0 Å². The van der Waals surface area contributed by atoms with Gasteiger partial charge in [-0.1, -0.05) is 12.1 Å². The lowest BCUT2D eigenvalue weighted by Crippen LogP contribution is -2.20. The molecule has 0 saturated heterocycles. The summed E-state index contributed by atoms with van der Waals surface area (Å²) in [7, 11) is 1.68. The number of rotatable bonds is 5. The molecule has 1 N–H and O–H groups in total. The van der Waals surface area contributed by atoms with E-state index < -0.39 is 0 Å². The van der Waals surface area contributed by atoms with E-state index in [1.54, 1.807) is 31.4 Å². The van der Waals surface area contributed by atoms with Gasteiger partial charge in [-0.3, -0.25) is 4.79 Å². The Morgan fingerprint density at radius 1 is 1.08 bits per heavy atom. The van der Waals surface area contributed by atoms with E-state index in [9.17, 15) is 4.79 Å². The fraction of sp³-hybridized carbons (Fsp3) is 0.364. The van der Waals surface area contributed by atoms with Gasteiger partial charge in [-0.15, -0.1) is 0 Å². The van der Waals surface area contributed by atoms with Gasteiger partial charge in [0.05, 0.1) is 18.7 Å². The largest absolute Gasteiger partial charge is 0.497 e. The second-order valence-electron chi connectivity index (χ2n) is 6.93. The van der Waals surface area contributed by atoms with Crippen LogP contribution < -0.4 is 10.1 Å². The number of nitrogens with one attached hydrogen (secondary N) is 1. The number of ether oxygens (including phenoxy) is 1. The zero-order valence-corrected chi connectivity index (χ0v) is 15.1. The van der Waals surface area contributed by atoms with E-state index in [0.29, 0.717) is 23.8 Å². The van der Waals surface area contributed by atoms with Gasteiger partial charge in [0.25, 0.3) is 0 Å². The Morgan fingerprint density at radius 3 is 2.31 bits per heavy atom. The zero-order chi connectivity index (χ0) is 18.4. The molecule has 4 nitrogen and oxygen atoms in total. The number of benzene rings is 2. The van der Waals surface area contributed by atoms with Gasteiger partial charge < -0.3 is 10.1 Å². The summed E-state index contributed by atoms with van der Waals surface area (Å²) in [5, 5.41) is 11.7. The van der Waals surface area contributed by atoms with Crippen LogP contribution in [0.4, 0.5) is 5.69 Å². The van der Waals surface area contributed by atoms with E-state index >= 15 is 0 Å². The molecule has 0 aliphatic heterocycles. The maximum Gasteiger partial charge on any atom is 0.224 e. The van der Waals surface area contributed by atoms with Crippen molar-refractivity contribution in [2.24, 2.45) is 5.92 Å². The Labute approximate surface area is 154 Å². The third kappa shape index (κ3) is 4.64. The molecule has 26 heavy (non-hydrogen) atoms. The molecule has 1 aliphatic carbocycles. The molecule has 2 aromatic carbocycles. The van der Waals surface area contributed by atoms with Crippen LogP contribution in [0.25, 0.3) is 0 Å². The van der Waals surface area contributed by atoms with Gasteiger partial charge in [0.1, 0.15) is 5.75 Å². The number of carbonyl (C=O) groups is 1. The number of hydrogen-bond donors (Lipinski definition) is 1. The lowest BCUT2D eigenvalue weighted by molar-refractivity contribution is -0.117. The van der Waals surface area contributed by atoms with Crippen LogP contribution in [0.3, 0.4) is 0 Å². The number of nitriles is 1. The number of hydrogen-bond acceptors (Lipinski definition) is 3. The molecule has 134 valence electrons. The van der Waals surface area contributed by atoms with Crippen molar-refractivity contribution in [1.29, 1.82) is 5.26 Å². The first kappa shape index (κ1) is 18.0. The van der Waals surface area contributed by atoms with E-state index in [1.165, 1.54) is 5.56 Å². The van der Waals surface area contributed by atoms with Crippen LogP contribution in [0.15, 0.2) is 48.5 Å². The van der Waals surface area contributed by atoms with Gasteiger partial charge in [-0.05, 0) is 79.5 Å². The Hall–Kier alpha value is -2.80. The second-order valence-corrected chi connectivity index (χ2v) is 6.93. The Balaban J connectivity index is 1.46. The van der Waals surface area contributed by atoms with Crippen LogP contribution in [0.1, 0.15) is 49.1 Å². The molecule has 1 aliphatic rings. The van der Waals surface area contributed by atoms with Crippen molar-refractivity contribution in [3.8, 4) is 11.8 Å². The summed E-state index contributed by atoms with van der Waals surface area (Å²) < 4.78 is 5.22. The topological polar surface area (TPSA) is 62.1 Å². The maximum atomic E-state index is 12.3. The van der Waals surface area contributed by atoms with Crippen LogP contribution in [0, 0.1) is 17.2 Å². The van der Waals surface area contributed by atoms with E-state index in [4.69, 9.17) is 10.00 Å². The van der Waals surface area contributed by atoms with Crippen molar-refractivity contribution in [3.05, 3.63) is 59.7 Å². The minimum Gasteiger partial charge on any atom is -0.497 e. The van der Waals surface area contributed by atoms with Gasteiger partial charge in [-0.2, -0.15) is 5.26 Å².